The number of nitrogens with zero attached hydrogens (tertiary/aromatic N) is 3. The molecule has 2 aliphatic carbocycles. The molecule has 1 spiro atoms. The van der Waals surface area contributed by atoms with Gasteiger partial charge in [0, 0.05) is 36.9 Å². The van der Waals surface area contributed by atoms with Crippen LogP contribution in [0.4, 0.5) is 0 Å². The second kappa shape index (κ2) is 12.0. The van der Waals surface area contributed by atoms with E-state index >= 15 is 0 Å². The van der Waals surface area contributed by atoms with E-state index < -0.39 is 5.41 Å². The highest BCUT2D eigenvalue weighted by atomic mass is 32.1. The average Bonchev–Trinajstić information content (AvgIpc) is 3.91. The van der Waals surface area contributed by atoms with Crippen LogP contribution in [-0.4, -0.2) is 15.0 Å². The van der Waals surface area contributed by atoms with Gasteiger partial charge in [-0.15, -0.1) is 11.3 Å². The van der Waals surface area contributed by atoms with E-state index in [1.54, 1.807) is 0 Å². The molecule has 2 heterocycles. The third-order valence-electron chi connectivity index (χ3n) is 11.7. The van der Waals surface area contributed by atoms with E-state index in [-0.39, 0.29) is 0 Å². The van der Waals surface area contributed by atoms with Gasteiger partial charge in [0.1, 0.15) is 0 Å². The summed E-state index contributed by atoms with van der Waals surface area (Å²) < 4.78 is 2.46. The van der Waals surface area contributed by atoms with Crippen LogP contribution in [0.5, 0.6) is 0 Å². The topological polar surface area (TPSA) is 38.7 Å². The highest BCUT2D eigenvalue weighted by Crippen LogP contribution is 2.64. The molecular formula is C52H31N3S. The Morgan fingerprint density at radius 2 is 0.786 bits per heavy atom. The van der Waals surface area contributed by atoms with Gasteiger partial charge in [-0.2, -0.15) is 0 Å². The molecule has 12 rings (SSSR count). The largest absolute Gasteiger partial charge is 0.208 e. The fraction of sp³-hybridized carbons (Fsp3) is 0.0192. The molecule has 260 valence electrons. The van der Waals surface area contributed by atoms with Gasteiger partial charge in [-0.05, 0) is 73.8 Å². The Labute approximate surface area is 328 Å². The fourth-order valence-electron chi connectivity index (χ4n) is 9.51. The van der Waals surface area contributed by atoms with Crippen LogP contribution in [-0.2, 0) is 5.41 Å². The highest BCUT2D eigenvalue weighted by molar-refractivity contribution is 7.26. The predicted molar refractivity (Wildman–Crippen MR) is 231 cm³/mol. The second-order valence-electron chi connectivity index (χ2n) is 14.6. The first kappa shape index (κ1) is 31.4. The van der Waals surface area contributed by atoms with Gasteiger partial charge in [0.15, 0.2) is 17.5 Å². The molecule has 0 saturated carbocycles. The van der Waals surface area contributed by atoms with E-state index in [1.165, 1.54) is 75.8 Å². The van der Waals surface area contributed by atoms with Gasteiger partial charge >= 0.3 is 0 Å². The van der Waals surface area contributed by atoms with Crippen molar-refractivity contribution in [2.75, 3.05) is 0 Å². The molecule has 56 heavy (non-hydrogen) atoms. The van der Waals surface area contributed by atoms with Gasteiger partial charge in [0.25, 0.3) is 0 Å². The first-order chi connectivity index (χ1) is 27.8. The molecule has 2 aliphatic rings. The Bertz CT molecular complexity index is 3080. The number of hydrogen-bond acceptors (Lipinski definition) is 4. The molecule has 4 heteroatoms. The summed E-state index contributed by atoms with van der Waals surface area (Å²) in [4.78, 5) is 15.4. The van der Waals surface area contributed by atoms with Crippen LogP contribution in [0.25, 0.3) is 87.7 Å². The molecule has 2 aromatic heterocycles. The first-order valence-electron chi connectivity index (χ1n) is 19.0. The van der Waals surface area contributed by atoms with E-state index in [1.807, 2.05) is 47.7 Å². The zero-order valence-corrected chi connectivity index (χ0v) is 31.0. The zero-order valence-electron chi connectivity index (χ0n) is 30.1. The van der Waals surface area contributed by atoms with E-state index in [0.717, 1.165) is 16.7 Å². The van der Waals surface area contributed by atoms with Crippen molar-refractivity contribution >= 4 is 31.5 Å². The Morgan fingerprint density at radius 3 is 1.38 bits per heavy atom. The van der Waals surface area contributed by atoms with Crippen molar-refractivity contribution in [2.24, 2.45) is 0 Å². The van der Waals surface area contributed by atoms with Gasteiger partial charge in [-0.3, -0.25) is 0 Å². The molecule has 0 unspecified atom stereocenters. The Morgan fingerprint density at radius 1 is 0.339 bits per heavy atom. The molecule has 0 bridgehead atoms. The third kappa shape index (κ3) is 4.36. The Balaban J connectivity index is 1.20. The standard InChI is InChI=1S/C52H31N3S/c1-3-16-32(17-4-1)49-53-50(33-18-5-2-6-19-33)55-51(54-49)34-30-41(47-40-23-10-14-29-45(40)56-46(47)31-34)39-25-15-24-38-37-22-9-13-28-44(37)52(48(38)39)42-26-11-7-20-35(42)36-21-8-12-27-43(36)52/h1-31H. The number of benzene rings is 8. The molecule has 0 fully saturated rings. The Kier molecular flexibility index (Phi) is 6.72. The average molecular weight is 730 g/mol. The molecule has 0 saturated heterocycles. The molecule has 10 aromatic rings. The second-order valence-corrected chi connectivity index (χ2v) is 15.7. The SMILES string of the molecule is c1ccc(-c2nc(-c3ccccc3)nc(-c3cc(-c4cccc5c4C4(c6ccccc6-c6ccccc64)c4ccccc4-5)c4c(c3)sc3ccccc34)n2)cc1. The maximum absolute atomic E-state index is 5.21. The van der Waals surface area contributed by atoms with Crippen LogP contribution in [0.3, 0.4) is 0 Å². The molecule has 0 atom stereocenters. The van der Waals surface area contributed by atoms with Gasteiger partial charge in [0.05, 0.1) is 5.41 Å². The molecule has 8 aromatic carbocycles. The summed E-state index contributed by atoms with van der Waals surface area (Å²) in [6, 6.07) is 67.9. The summed E-state index contributed by atoms with van der Waals surface area (Å²) in [5.74, 6) is 1.96. The lowest BCUT2D eigenvalue weighted by Gasteiger charge is -2.32. The van der Waals surface area contributed by atoms with E-state index in [2.05, 4.69) is 152 Å². The van der Waals surface area contributed by atoms with Crippen molar-refractivity contribution in [2.45, 2.75) is 5.41 Å². The molecule has 0 aliphatic heterocycles. The molecule has 3 nitrogen and oxygen atoms in total. The minimum Gasteiger partial charge on any atom is -0.208 e. The third-order valence-corrected chi connectivity index (χ3v) is 12.9. The van der Waals surface area contributed by atoms with Crippen molar-refractivity contribution in [3.05, 3.63) is 210 Å². The number of rotatable bonds is 4. The van der Waals surface area contributed by atoms with Crippen molar-refractivity contribution in [3.8, 4) is 67.5 Å². The summed E-state index contributed by atoms with van der Waals surface area (Å²) >= 11 is 1.83. The van der Waals surface area contributed by atoms with E-state index in [9.17, 15) is 0 Å². The summed E-state index contributed by atoms with van der Waals surface area (Å²) in [5.41, 5.74) is 15.3. The minimum absolute atomic E-state index is 0.488. The van der Waals surface area contributed by atoms with E-state index in [0.29, 0.717) is 17.5 Å². The summed E-state index contributed by atoms with van der Waals surface area (Å²) in [6.45, 7) is 0. The number of fused-ring (bicyclic) bond motifs is 13. The van der Waals surface area contributed by atoms with Crippen molar-refractivity contribution in [3.63, 3.8) is 0 Å². The van der Waals surface area contributed by atoms with Crippen LogP contribution in [0.1, 0.15) is 22.3 Å². The molecule has 0 amide bonds. The minimum atomic E-state index is -0.488. The van der Waals surface area contributed by atoms with Gasteiger partial charge < -0.3 is 0 Å². The highest BCUT2D eigenvalue weighted by Gasteiger charge is 2.52. The summed E-state index contributed by atoms with van der Waals surface area (Å²) in [6.07, 6.45) is 0. The predicted octanol–water partition coefficient (Wildman–Crippen LogP) is 13.3. The molecule has 0 radical (unpaired) electrons. The Hall–Kier alpha value is -7.01. The van der Waals surface area contributed by atoms with E-state index in [4.69, 9.17) is 15.0 Å². The summed E-state index contributed by atoms with van der Waals surface area (Å²) in [7, 11) is 0. The van der Waals surface area contributed by atoms with Crippen LogP contribution >= 0.6 is 11.3 Å². The molecular weight excluding hydrogens is 699 g/mol. The monoisotopic (exact) mass is 729 g/mol. The number of thiophene rings is 1. The van der Waals surface area contributed by atoms with Crippen LogP contribution in [0.15, 0.2) is 188 Å². The van der Waals surface area contributed by atoms with Crippen LogP contribution < -0.4 is 0 Å². The lowest BCUT2D eigenvalue weighted by Crippen LogP contribution is -2.26. The van der Waals surface area contributed by atoms with Crippen molar-refractivity contribution in [1.82, 2.24) is 15.0 Å². The van der Waals surface area contributed by atoms with Gasteiger partial charge in [0.2, 0.25) is 0 Å². The smallest absolute Gasteiger partial charge is 0.164 e. The first-order valence-corrected chi connectivity index (χ1v) is 19.8. The maximum Gasteiger partial charge on any atom is 0.164 e. The van der Waals surface area contributed by atoms with Crippen LogP contribution in [0, 0.1) is 0 Å². The van der Waals surface area contributed by atoms with Crippen LogP contribution in [0.2, 0.25) is 0 Å². The lowest BCUT2D eigenvalue weighted by atomic mass is 9.68. The fourth-order valence-corrected chi connectivity index (χ4v) is 10.7. The summed E-state index contributed by atoms with van der Waals surface area (Å²) in [5, 5.41) is 2.52. The number of hydrogen-bond donors (Lipinski definition) is 0. The maximum atomic E-state index is 5.21. The quantitative estimate of drug-likeness (QED) is 0.181. The van der Waals surface area contributed by atoms with Crippen molar-refractivity contribution < 1.29 is 0 Å². The normalized spacial score (nSPS) is 13.1. The van der Waals surface area contributed by atoms with Gasteiger partial charge in [-0.1, -0.05) is 170 Å². The zero-order chi connectivity index (χ0) is 36.8. The lowest BCUT2D eigenvalue weighted by molar-refractivity contribution is 0.796. The molecule has 0 N–H and O–H groups in total. The van der Waals surface area contributed by atoms with Crippen molar-refractivity contribution in [1.29, 1.82) is 0 Å². The van der Waals surface area contributed by atoms with Gasteiger partial charge in [-0.25, -0.2) is 15.0 Å². The number of aromatic nitrogens is 3.